The van der Waals surface area contributed by atoms with Crippen molar-refractivity contribution in [1.82, 2.24) is 4.90 Å². The van der Waals surface area contributed by atoms with E-state index in [2.05, 4.69) is 18.9 Å². The topological polar surface area (TPSA) is 40.5 Å². The number of aliphatic carboxylic acids is 1. The first-order valence-corrected chi connectivity index (χ1v) is 5.49. The molecule has 0 spiro atoms. The molecule has 0 saturated carbocycles. The SMILES string of the molecule is CCCCCN(C)CCC(C)C(=O)O. The van der Waals surface area contributed by atoms with Crippen LogP contribution in [0.25, 0.3) is 0 Å². The van der Waals surface area contributed by atoms with Gasteiger partial charge in [-0.3, -0.25) is 4.79 Å². The van der Waals surface area contributed by atoms with Gasteiger partial charge in [-0.1, -0.05) is 26.7 Å². The molecule has 3 heteroatoms. The molecule has 0 fully saturated rings. The van der Waals surface area contributed by atoms with Gasteiger partial charge in [0.2, 0.25) is 0 Å². The molecule has 3 nitrogen and oxygen atoms in total. The fourth-order valence-corrected chi connectivity index (χ4v) is 1.28. The molecule has 14 heavy (non-hydrogen) atoms. The van der Waals surface area contributed by atoms with Crippen molar-refractivity contribution in [2.45, 2.75) is 39.5 Å². The van der Waals surface area contributed by atoms with Crippen molar-refractivity contribution in [3.05, 3.63) is 0 Å². The summed E-state index contributed by atoms with van der Waals surface area (Å²) in [4.78, 5) is 12.8. The van der Waals surface area contributed by atoms with E-state index in [0.29, 0.717) is 0 Å². The van der Waals surface area contributed by atoms with Gasteiger partial charge in [-0.25, -0.2) is 0 Å². The Bertz CT molecular complexity index is 159. The van der Waals surface area contributed by atoms with E-state index in [1.807, 2.05) is 0 Å². The quantitative estimate of drug-likeness (QED) is 0.612. The monoisotopic (exact) mass is 201 g/mol. The van der Waals surface area contributed by atoms with Crippen LogP contribution in [0.3, 0.4) is 0 Å². The van der Waals surface area contributed by atoms with Crippen LogP contribution in [-0.2, 0) is 4.79 Å². The van der Waals surface area contributed by atoms with Crippen LogP contribution < -0.4 is 0 Å². The van der Waals surface area contributed by atoms with E-state index in [9.17, 15) is 4.79 Å². The highest BCUT2D eigenvalue weighted by molar-refractivity contribution is 5.69. The Labute approximate surface area is 87.1 Å². The number of carboxylic acids is 1. The number of carbonyl (C=O) groups is 1. The van der Waals surface area contributed by atoms with Crippen LogP contribution in [0.4, 0.5) is 0 Å². The summed E-state index contributed by atoms with van der Waals surface area (Å²) in [6.45, 7) is 5.92. The summed E-state index contributed by atoms with van der Waals surface area (Å²) < 4.78 is 0. The summed E-state index contributed by atoms with van der Waals surface area (Å²) >= 11 is 0. The summed E-state index contributed by atoms with van der Waals surface area (Å²) in [6, 6.07) is 0. The highest BCUT2D eigenvalue weighted by Crippen LogP contribution is 2.04. The van der Waals surface area contributed by atoms with Crippen molar-refractivity contribution in [1.29, 1.82) is 0 Å². The van der Waals surface area contributed by atoms with Crippen LogP contribution in [0, 0.1) is 5.92 Å². The van der Waals surface area contributed by atoms with Gasteiger partial charge in [0, 0.05) is 0 Å². The Balaban J connectivity index is 3.43. The first-order chi connectivity index (χ1) is 6.57. The minimum Gasteiger partial charge on any atom is -0.481 e. The highest BCUT2D eigenvalue weighted by atomic mass is 16.4. The van der Waals surface area contributed by atoms with E-state index in [1.165, 1.54) is 19.3 Å². The van der Waals surface area contributed by atoms with Crippen molar-refractivity contribution in [3.8, 4) is 0 Å². The van der Waals surface area contributed by atoms with Gasteiger partial charge in [0.25, 0.3) is 0 Å². The average molecular weight is 201 g/mol. The van der Waals surface area contributed by atoms with E-state index in [0.717, 1.165) is 19.5 Å². The lowest BCUT2D eigenvalue weighted by molar-refractivity contribution is -0.141. The molecular weight excluding hydrogens is 178 g/mol. The van der Waals surface area contributed by atoms with Crippen molar-refractivity contribution in [2.24, 2.45) is 5.92 Å². The van der Waals surface area contributed by atoms with Gasteiger partial charge in [0.15, 0.2) is 0 Å². The number of unbranched alkanes of at least 4 members (excludes halogenated alkanes) is 2. The minimum atomic E-state index is -0.688. The second-order valence-corrected chi connectivity index (χ2v) is 4.04. The minimum absolute atomic E-state index is 0.219. The fourth-order valence-electron chi connectivity index (χ4n) is 1.28. The van der Waals surface area contributed by atoms with E-state index in [4.69, 9.17) is 5.11 Å². The molecule has 0 aliphatic rings. The smallest absolute Gasteiger partial charge is 0.306 e. The van der Waals surface area contributed by atoms with E-state index >= 15 is 0 Å². The maximum absolute atomic E-state index is 10.6. The lowest BCUT2D eigenvalue weighted by atomic mass is 10.1. The van der Waals surface area contributed by atoms with Gasteiger partial charge in [-0.05, 0) is 33.0 Å². The second-order valence-electron chi connectivity index (χ2n) is 4.04. The molecule has 0 aromatic carbocycles. The van der Waals surface area contributed by atoms with Gasteiger partial charge in [0.05, 0.1) is 5.92 Å². The van der Waals surface area contributed by atoms with Crippen LogP contribution in [0.1, 0.15) is 39.5 Å². The molecule has 1 unspecified atom stereocenters. The zero-order valence-corrected chi connectivity index (χ0v) is 9.62. The van der Waals surface area contributed by atoms with Gasteiger partial charge in [-0.15, -0.1) is 0 Å². The number of hydrogen-bond acceptors (Lipinski definition) is 2. The van der Waals surface area contributed by atoms with Crippen LogP contribution in [0.2, 0.25) is 0 Å². The molecule has 0 radical (unpaired) electrons. The van der Waals surface area contributed by atoms with Crippen LogP contribution in [0.5, 0.6) is 0 Å². The zero-order chi connectivity index (χ0) is 11.0. The van der Waals surface area contributed by atoms with Gasteiger partial charge >= 0.3 is 5.97 Å². The van der Waals surface area contributed by atoms with Gasteiger partial charge in [0.1, 0.15) is 0 Å². The first kappa shape index (κ1) is 13.4. The van der Waals surface area contributed by atoms with Crippen LogP contribution in [0.15, 0.2) is 0 Å². The maximum atomic E-state index is 10.6. The standard InChI is InChI=1S/C11H23NO2/c1-4-5-6-8-12(3)9-7-10(2)11(13)14/h10H,4-9H2,1-3H3,(H,13,14). The molecule has 0 aliphatic carbocycles. The number of carboxylic acid groups (broad SMARTS) is 1. The van der Waals surface area contributed by atoms with Gasteiger partial charge < -0.3 is 10.0 Å². The molecule has 84 valence electrons. The molecule has 0 saturated heterocycles. The molecule has 0 aromatic rings. The zero-order valence-electron chi connectivity index (χ0n) is 9.62. The number of hydrogen-bond donors (Lipinski definition) is 1. The van der Waals surface area contributed by atoms with Crippen molar-refractivity contribution >= 4 is 5.97 Å². The molecule has 1 N–H and O–H groups in total. The molecule has 0 aromatic heterocycles. The Kier molecular flexibility index (Phi) is 7.48. The predicted molar refractivity (Wildman–Crippen MR) is 58.4 cm³/mol. The summed E-state index contributed by atoms with van der Waals surface area (Å²) in [5.41, 5.74) is 0. The Hall–Kier alpha value is -0.570. The van der Waals surface area contributed by atoms with Gasteiger partial charge in [-0.2, -0.15) is 0 Å². The molecule has 0 aliphatic heterocycles. The van der Waals surface area contributed by atoms with Crippen LogP contribution >= 0.6 is 0 Å². The molecular formula is C11H23NO2. The Morgan fingerprint density at radius 3 is 2.50 bits per heavy atom. The molecule has 0 bridgehead atoms. The van der Waals surface area contributed by atoms with Crippen molar-refractivity contribution in [3.63, 3.8) is 0 Å². The van der Waals surface area contributed by atoms with E-state index in [-0.39, 0.29) is 5.92 Å². The van der Waals surface area contributed by atoms with Crippen molar-refractivity contribution < 1.29 is 9.90 Å². The molecule has 0 rings (SSSR count). The third-order valence-electron chi connectivity index (χ3n) is 2.51. The summed E-state index contributed by atoms with van der Waals surface area (Å²) in [6.07, 6.45) is 4.46. The number of nitrogens with zero attached hydrogens (tertiary/aromatic N) is 1. The summed E-state index contributed by atoms with van der Waals surface area (Å²) in [7, 11) is 2.06. The summed E-state index contributed by atoms with van der Waals surface area (Å²) in [5, 5.41) is 8.69. The predicted octanol–water partition coefficient (Wildman–Crippen LogP) is 2.22. The molecule has 1 atom stereocenters. The molecule has 0 amide bonds. The lowest BCUT2D eigenvalue weighted by Crippen LogP contribution is -2.24. The fraction of sp³-hybridized carbons (Fsp3) is 0.909. The molecule has 0 heterocycles. The second kappa shape index (κ2) is 7.80. The average Bonchev–Trinajstić information content (AvgIpc) is 2.14. The third-order valence-corrected chi connectivity index (χ3v) is 2.51. The maximum Gasteiger partial charge on any atom is 0.306 e. The first-order valence-electron chi connectivity index (χ1n) is 5.49. The van der Waals surface area contributed by atoms with E-state index < -0.39 is 5.97 Å². The Morgan fingerprint density at radius 1 is 1.36 bits per heavy atom. The Morgan fingerprint density at radius 2 is 2.00 bits per heavy atom. The largest absolute Gasteiger partial charge is 0.481 e. The lowest BCUT2D eigenvalue weighted by Gasteiger charge is -2.17. The van der Waals surface area contributed by atoms with Crippen molar-refractivity contribution in [2.75, 3.05) is 20.1 Å². The normalized spacial score (nSPS) is 13.1. The van der Waals surface area contributed by atoms with E-state index in [1.54, 1.807) is 6.92 Å². The third kappa shape index (κ3) is 6.89. The van der Waals surface area contributed by atoms with Crippen LogP contribution in [-0.4, -0.2) is 36.1 Å². The highest BCUT2D eigenvalue weighted by Gasteiger charge is 2.11. The summed E-state index contributed by atoms with van der Waals surface area (Å²) in [5.74, 6) is -0.907. The number of rotatable bonds is 8.